The second kappa shape index (κ2) is 8.29. The first-order valence-corrected chi connectivity index (χ1v) is 9.56. The van der Waals surface area contributed by atoms with E-state index in [1.54, 1.807) is 0 Å². The van der Waals surface area contributed by atoms with E-state index in [4.69, 9.17) is 4.74 Å². The Hall–Kier alpha value is -2.76. The average Bonchev–Trinajstić information content (AvgIpc) is 3.04. The lowest BCUT2D eigenvalue weighted by atomic mass is 10.1. The molecule has 0 aliphatic heterocycles. The van der Waals surface area contributed by atoms with Crippen LogP contribution >= 0.6 is 0 Å². The molecule has 3 aromatic rings. The van der Waals surface area contributed by atoms with Crippen molar-refractivity contribution in [2.75, 3.05) is 6.61 Å². The Morgan fingerprint density at radius 1 is 1.26 bits per heavy atom. The molecule has 2 aromatic heterocycles. The molecule has 0 fully saturated rings. The van der Waals surface area contributed by atoms with Gasteiger partial charge in [0.2, 0.25) is 0 Å². The van der Waals surface area contributed by atoms with Crippen LogP contribution in [0, 0.1) is 11.1 Å². The summed E-state index contributed by atoms with van der Waals surface area (Å²) in [5, 5.41) is 14.0. The van der Waals surface area contributed by atoms with Crippen molar-refractivity contribution in [1.29, 1.82) is 0 Å². The van der Waals surface area contributed by atoms with Crippen LogP contribution in [0.1, 0.15) is 50.6 Å². The Kier molecular flexibility index (Phi) is 5.84. The van der Waals surface area contributed by atoms with Gasteiger partial charge in [-0.15, -0.1) is 4.73 Å². The Morgan fingerprint density at radius 3 is 2.78 bits per heavy atom. The first-order chi connectivity index (χ1) is 13.0. The molecule has 0 atom stereocenters. The molecule has 0 amide bonds. The van der Waals surface area contributed by atoms with Gasteiger partial charge in [0.1, 0.15) is 5.69 Å². The van der Waals surface area contributed by atoms with Crippen LogP contribution in [0.3, 0.4) is 0 Å². The van der Waals surface area contributed by atoms with Crippen LogP contribution in [0.15, 0.2) is 35.3 Å². The van der Waals surface area contributed by atoms with Gasteiger partial charge >= 0.3 is 11.4 Å². The SMILES string of the molecule is CCCCOc1c(Cc2c[nH]c3ccccc23)[nH]c(=O)c(CC(C)C)[n+]1[O-]. The number of aromatic amines is 2. The predicted molar refractivity (Wildman–Crippen MR) is 106 cm³/mol. The molecule has 0 saturated carbocycles. The fourth-order valence-electron chi connectivity index (χ4n) is 3.21. The zero-order valence-corrected chi connectivity index (χ0v) is 16.2. The summed E-state index contributed by atoms with van der Waals surface area (Å²) in [4.78, 5) is 18.7. The number of nitrogens with zero attached hydrogens (tertiary/aromatic N) is 1. The molecular formula is C21H27N3O3. The molecular weight excluding hydrogens is 342 g/mol. The number of para-hydroxylation sites is 1. The van der Waals surface area contributed by atoms with Gasteiger partial charge in [0, 0.05) is 29.9 Å². The lowest BCUT2D eigenvalue weighted by Crippen LogP contribution is -2.43. The van der Waals surface area contributed by atoms with E-state index in [1.165, 1.54) is 0 Å². The van der Waals surface area contributed by atoms with Crippen molar-refractivity contribution < 1.29 is 9.47 Å². The lowest BCUT2D eigenvalue weighted by Gasteiger charge is -2.14. The van der Waals surface area contributed by atoms with Crippen LogP contribution < -0.4 is 15.0 Å². The third-order valence-electron chi connectivity index (χ3n) is 4.59. The third kappa shape index (κ3) is 4.15. The molecule has 6 heteroatoms. The number of benzene rings is 1. The number of ether oxygens (including phenoxy) is 1. The maximum Gasteiger partial charge on any atom is 0.400 e. The lowest BCUT2D eigenvalue weighted by molar-refractivity contribution is -0.623. The highest BCUT2D eigenvalue weighted by Gasteiger charge is 2.24. The van der Waals surface area contributed by atoms with E-state index < -0.39 is 0 Å². The van der Waals surface area contributed by atoms with E-state index in [-0.39, 0.29) is 23.1 Å². The Bertz CT molecular complexity index is 972. The van der Waals surface area contributed by atoms with E-state index in [9.17, 15) is 10.0 Å². The van der Waals surface area contributed by atoms with Crippen LogP contribution in [0.4, 0.5) is 0 Å². The molecule has 2 heterocycles. The minimum atomic E-state index is -0.337. The molecule has 0 spiro atoms. The third-order valence-corrected chi connectivity index (χ3v) is 4.59. The van der Waals surface area contributed by atoms with Crippen molar-refractivity contribution in [2.24, 2.45) is 5.92 Å². The monoisotopic (exact) mass is 369 g/mol. The Labute approximate surface area is 158 Å². The number of aromatic nitrogens is 3. The van der Waals surface area contributed by atoms with Crippen molar-refractivity contribution in [3.05, 3.63) is 63.0 Å². The number of unbranched alkanes of at least 4 members (excludes halogenated alkanes) is 1. The molecule has 0 aliphatic rings. The topological polar surface area (TPSA) is 84.8 Å². The zero-order chi connectivity index (χ0) is 19.4. The Balaban J connectivity index is 2.03. The number of hydrogen-bond donors (Lipinski definition) is 2. The smallest absolute Gasteiger partial charge is 0.400 e. The number of nitrogens with one attached hydrogen (secondary N) is 2. The molecule has 0 aliphatic carbocycles. The molecule has 1 aromatic carbocycles. The normalized spacial score (nSPS) is 11.4. The Morgan fingerprint density at radius 2 is 2.04 bits per heavy atom. The van der Waals surface area contributed by atoms with E-state index >= 15 is 0 Å². The van der Waals surface area contributed by atoms with E-state index in [0.29, 0.717) is 29.9 Å². The number of fused-ring (bicyclic) bond motifs is 1. The molecule has 144 valence electrons. The van der Waals surface area contributed by atoms with Crippen molar-refractivity contribution in [3.8, 4) is 5.88 Å². The second-order valence-corrected chi connectivity index (χ2v) is 7.32. The molecule has 27 heavy (non-hydrogen) atoms. The van der Waals surface area contributed by atoms with Gasteiger partial charge in [-0.2, -0.15) is 0 Å². The van der Waals surface area contributed by atoms with E-state index in [0.717, 1.165) is 29.3 Å². The summed E-state index contributed by atoms with van der Waals surface area (Å²) in [7, 11) is 0. The molecule has 2 N–H and O–H groups in total. The van der Waals surface area contributed by atoms with Gasteiger partial charge in [-0.05, 0) is 24.0 Å². The molecule has 0 unspecified atom stereocenters. The number of rotatable bonds is 8. The molecule has 6 nitrogen and oxygen atoms in total. The summed E-state index contributed by atoms with van der Waals surface area (Å²) in [5.74, 6) is 0.415. The number of hydrogen-bond acceptors (Lipinski definition) is 3. The minimum absolute atomic E-state index is 0.203. The van der Waals surface area contributed by atoms with Gasteiger partial charge in [-0.3, -0.25) is 4.79 Å². The highest BCUT2D eigenvalue weighted by molar-refractivity contribution is 5.83. The largest absolute Gasteiger partial charge is 0.616 e. The van der Waals surface area contributed by atoms with E-state index in [2.05, 4.69) is 16.9 Å². The quantitative estimate of drug-likeness (QED) is 0.362. The maximum absolute atomic E-state index is 12.9. The molecule has 3 rings (SSSR count). The van der Waals surface area contributed by atoms with Crippen LogP contribution in [0.5, 0.6) is 5.88 Å². The number of H-pyrrole nitrogens is 2. The summed E-state index contributed by atoms with van der Waals surface area (Å²) in [5.41, 5.74) is 2.42. The molecule has 0 radical (unpaired) electrons. The summed E-state index contributed by atoms with van der Waals surface area (Å²) in [6, 6.07) is 7.96. The van der Waals surface area contributed by atoms with Crippen molar-refractivity contribution in [2.45, 2.75) is 46.5 Å². The van der Waals surface area contributed by atoms with Crippen LogP contribution in [-0.2, 0) is 12.8 Å². The van der Waals surface area contributed by atoms with Gasteiger partial charge in [0.05, 0.1) is 6.61 Å². The van der Waals surface area contributed by atoms with Crippen molar-refractivity contribution in [3.63, 3.8) is 0 Å². The summed E-state index contributed by atoms with van der Waals surface area (Å²) >= 11 is 0. The summed E-state index contributed by atoms with van der Waals surface area (Å²) in [6.45, 7) is 6.49. The summed E-state index contributed by atoms with van der Waals surface area (Å²) in [6.07, 6.45) is 4.57. The van der Waals surface area contributed by atoms with Gasteiger partial charge in [-0.1, -0.05) is 45.4 Å². The highest BCUT2D eigenvalue weighted by Crippen LogP contribution is 2.23. The second-order valence-electron chi connectivity index (χ2n) is 7.32. The van der Waals surface area contributed by atoms with Gasteiger partial charge in [-0.25, -0.2) is 0 Å². The zero-order valence-electron chi connectivity index (χ0n) is 16.2. The van der Waals surface area contributed by atoms with Gasteiger partial charge in [0.15, 0.2) is 0 Å². The molecule has 0 bridgehead atoms. The molecule has 0 saturated heterocycles. The minimum Gasteiger partial charge on any atom is -0.616 e. The van der Waals surface area contributed by atoms with Crippen LogP contribution in [-0.4, -0.2) is 16.6 Å². The van der Waals surface area contributed by atoms with Crippen LogP contribution in [0.25, 0.3) is 10.9 Å². The average molecular weight is 369 g/mol. The van der Waals surface area contributed by atoms with E-state index in [1.807, 2.05) is 44.3 Å². The fraction of sp³-hybridized carbons (Fsp3) is 0.429. The summed E-state index contributed by atoms with van der Waals surface area (Å²) < 4.78 is 6.51. The maximum atomic E-state index is 12.9. The van der Waals surface area contributed by atoms with Gasteiger partial charge in [0.25, 0.3) is 5.69 Å². The van der Waals surface area contributed by atoms with Crippen LogP contribution in [0.2, 0.25) is 0 Å². The first kappa shape index (κ1) is 19.0. The fourth-order valence-corrected chi connectivity index (χ4v) is 3.21. The van der Waals surface area contributed by atoms with Crippen molar-refractivity contribution in [1.82, 2.24) is 9.97 Å². The standard InChI is InChI=1S/C21H27N3O3/c1-4-5-10-27-21-18(23-20(25)19(24(21)26)11-14(2)3)12-15-13-22-17-9-7-6-8-16(15)17/h6-9,13-14,22H,4-5,10-12H2,1-3H3,(H,23,25). The highest BCUT2D eigenvalue weighted by atomic mass is 16.6. The van der Waals surface area contributed by atoms with Crippen molar-refractivity contribution >= 4 is 10.9 Å². The predicted octanol–water partition coefficient (Wildman–Crippen LogP) is 3.46. The van der Waals surface area contributed by atoms with Gasteiger partial charge < -0.3 is 19.9 Å². The first-order valence-electron chi connectivity index (χ1n) is 9.56.